The molecule has 0 unspecified atom stereocenters. The summed E-state index contributed by atoms with van der Waals surface area (Å²) >= 11 is 0. The molecular weight excluding hydrogens is 833 g/mol. The number of aromatic nitrogens is 6. The predicted molar refractivity (Wildman–Crippen MR) is 242 cm³/mol. The normalized spacial score (nSPS) is 31.2. The van der Waals surface area contributed by atoms with Crippen LogP contribution >= 0.6 is 0 Å². The van der Waals surface area contributed by atoms with E-state index >= 15 is 0 Å². The number of allylic oxidation sites excluding steroid dienone is 3. The van der Waals surface area contributed by atoms with Gasteiger partial charge in [0, 0.05) is 54.2 Å². The number of ketones is 1. The molecule has 0 bridgehead atoms. The molecule has 3 aromatic heterocycles. The number of carbonyl (C=O) groups excluding carboxylic acids is 2. The van der Waals surface area contributed by atoms with Crippen LogP contribution in [0, 0.1) is 23.7 Å². The molecule has 6 rings (SSSR count). The Labute approximate surface area is 381 Å². The number of nitrogens with zero attached hydrogens (tertiary/aromatic N) is 8. The number of rotatable bonds is 13. The van der Waals surface area contributed by atoms with Crippen LogP contribution in [-0.2, 0) is 36.9 Å². The fraction of sp³-hybridized carbons (Fsp3) is 0.562. The van der Waals surface area contributed by atoms with Gasteiger partial charge in [-0.1, -0.05) is 61.9 Å². The van der Waals surface area contributed by atoms with Gasteiger partial charge in [-0.3, -0.25) is 19.5 Å². The summed E-state index contributed by atoms with van der Waals surface area (Å²) in [5.41, 5.74) is 3.90. The first-order valence-corrected chi connectivity index (χ1v) is 22.6. The highest BCUT2D eigenvalue weighted by Gasteiger charge is 2.47. The average molecular weight is 899 g/mol. The van der Waals surface area contributed by atoms with Crippen LogP contribution in [0.4, 0.5) is 0 Å². The Morgan fingerprint density at radius 2 is 1.74 bits per heavy atom. The Hall–Kier alpha value is -4.85. The van der Waals surface area contributed by atoms with Gasteiger partial charge < -0.3 is 39.5 Å². The van der Waals surface area contributed by atoms with Crippen molar-refractivity contribution in [3.8, 4) is 5.69 Å². The topological polar surface area (TPSA) is 219 Å². The third-order valence-corrected chi connectivity index (χ3v) is 12.8. The molecule has 0 amide bonds. The van der Waals surface area contributed by atoms with Gasteiger partial charge in [0.05, 0.1) is 72.8 Å². The number of para-hydroxylation sites is 1. The molecule has 0 radical (unpaired) electrons. The highest BCUT2D eigenvalue weighted by atomic mass is 16.7. The third kappa shape index (κ3) is 12.9. The molecule has 0 spiro atoms. The number of aliphatic hydroxyl groups excluding tert-OH is 4. The average Bonchev–Trinajstić information content (AvgIpc) is 3.76. The minimum Gasteiger partial charge on any atom is -0.462 e. The molecule has 0 aliphatic carbocycles. The molecule has 1 fully saturated rings. The van der Waals surface area contributed by atoms with Crippen molar-refractivity contribution in [2.75, 3.05) is 27.2 Å². The van der Waals surface area contributed by atoms with Gasteiger partial charge in [-0.2, -0.15) is 0 Å². The number of esters is 1. The minimum absolute atomic E-state index is 0.128. The molecule has 1 saturated heterocycles. The van der Waals surface area contributed by atoms with Crippen LogP contribution in [0.5, 0.6) is 0 Å². The maximum atomic E-state index is 13.9. The maximum absolute atomic E-state index is 13.9. The van der Waals surface area contributed by atoms with E-state index in [1.807, 2.05) is 57.3 Å². The van der Waals surface area contributed by atoms with Crippen molar-refractivity contribution in [2.45, 2.75) is 122 Å². The molecule has 12 atom stereocenters. The van der Waals surface area contributed by atoms with E-state index in [9.17, 15) is 30.0 Å². The maximum Gasteiger partial charge on any atom is 0.308 e. The fourth-order valence-electron chi connectivity index (χ4n) is 9.00. The summed E-state index contributed by atoms with van der Waals surface area (Å²) in [6, 6.07) is 9.11. The number of ether oxygens (including phenoxy) is 3. The molecular formula is C48H66N8O9. The molecule has 4 N–H and O–H groups in total. The SMILES string of the molecule is CC[C@H]1OC(=O)C[C@@H](O)[C@H](C)[C@@H](O[C@@H]2O[C@H](C)[C@@H](O)[C@H](N(C)C)[C@H]2O)[C@@H](CCN(Cc2cncnc2)Cc2cn(-c3cnc4ccccc4c3)nn2)C[C@@H](C)C(=O)/C=C/C(C)=C/[C@@H]1CO. The lowest BCUT2D eigenvalue weighted by atomic mass is 9.79. The Kier molecular flexibility index (Phi) is 17.6. The molecule has 2 aliphatic rings. The number of aliphatic hydroxyl groups is 4. The summed E-state index contributed by atoms with van der Waals surface area (Å²) in [4.78, 5) is 44.5. The monoisotopic (exact) mass is 898 g/mol. The molecule has 5 heterocycles. The van der Waals surface area contributed by atoms with E-state index in [4.69, 9.17) is 14.2 Å². The van der Waals surface area contributed by atoms with Gasteiger partial charge in [0.1, 0.15) is 18.5 Å². The second kappa shape index (κ2) is 23.1. The number of cyclic esters (lactones) is 1. The van der Waals surface area contributed by atoms with Crippen molar-refractivity contribution in [3.05, 3.63) is 96.5 Å². The second-order valence-electron chi connectivity index (χ2n) is 18.0. The highest BCUT2D eigenvalue weighted by molar-refractivity contribution is 5.91. The molecule has 1 aromatic carbocycles. The highest BCUT2D eigenvalue weighted by Crippen LogP contribution is 2.35. The Morgan fingerprint density at radius 3 is 2.46 bits per heavy atom. The Balaban J connectivity index is 1.35. The van der Waals surface area contributed by atoms with Crippen molar-refractivity contribution in [2.24, 2.45) is 23.7 Å². The van der Waals surface area contributed by atoms with Gasteiger partial charge in [-0.05, 0) is 77.9 Å². The molecule has 352 valence electrons. The Morgan fingerprint density at radius 1 is 0.985 bits per heavy atom. The van der Waals surface area contributed by atoms with Gasteiger partial charge in [0.15, 0.2) is 12.1 Å². The van der Waals surface area contributed by atoms with Crippen molar-refractivity contribution >= 4 is 22.7 Å². The predicted octanol–water partition coefficient (Wildman–Crippen LogP) is 3.82. The summed E-state index contributed by atoms with van der Waals surface area (Å²) < 4.78 is 20.6. The Bertz CT molecular complexity index is 2220. The van der Waals surface area contributed by atoms with Crippen LogP contribution in [0.3, 0.4) is 0 Å². The van der Waals surface area contributed by atoms with E-state index in [0.717, 1.165) is 27.7 Å². The standard InChI is InChI=1S/C48H66N8O9/c1-8-42-36(27-57)17-29(2)13-14-40(58)30(3)18-35(47(31(4)41(59)20-43(60)64-42)65-48-46(62)44(54(6)7)45(61)32(5)63-48)15-16-55(24-33-21-49-28-50-22-33)25-37-26-56(53-52-37)38-19-34-11-9-10-12-39(34)51-23-38/h9-14,17,19,21-23,26,28,30-32,35-36,41-42,44-48,57,59,61-62H,8,15-16,18,20,24-25,27H2,1-7H3/b14-13+,29-17+/t30-,31+,32-,35+,36-,41-,42-,44+,45-,46-,47-,48+/m1/s1. The lowest BCUT2D eigenvalue weighted by molar-refractivity contribution is -0.304. The van der Waals surface area contributed by atoms with Crippen LogP contribution < -0.4 is 0 Å². The van der Waals surface area contributed by atoms with Gasteiger partial charge in [-0.25, -0.2) is 14.6 Å². The van der Waals surface area contributed by atoms with Crippen molar-refractivity contribution in [1.29, 1.82) is 0 Å². The third-order valence-electron chi connectivity index (χ3n) is 12.8. The number of hydrogen-bond acceptors (Lipinski definition) is 16. The summed E-state index contributed by atoms with van der Waals surface area (Å²) in [7, 11) is 3.51. The van der Waals surface area contributed by atoms with Crippen LogP contribution in [0.1, 0.15) is 71.6 Å². The summed E-state index contributed by atoms with van der Waals surface area (Å²) in [5, 5.41) is 54.9. The molecule has 2 aliphatic heterocycles. The molecule has 17 heteroatoms. The number of benzene rings is 1. The number of fused-ring (bicyclic) bond motifs is 1. The molecule has 17 nitrogen and oxygen atoms in total. The quantitative estimate of drug-likeness (QED) is 0.140. The molecule has 65 heavy (non-hydrogen) atoms. The van der Waals surface area contributed by atoms with Crippen LogP contribution in [0.15, 0.2) is 85.2 Å². The first-order valence-electron chi connectivity index (χ1n) is 22.6. The second-order valence-corrected chi connectivity index (χ2v) is 18.0. The largest absolute Gasteiger partial charge is 0.462 e. The number of likely N-dealkylation sites (N-methyl/N-ethyl adjacent to an activating group) is 1. The lowest BCUT2D eigenvalue weighted by Crippen LogP contribution is -2.63. The number of hydrogen-bond donors (Lipinski definition) is 4. The summed E-state index contributed by atoms with van der Waals surface area (Å²) in [5.74, 6) is -3.02. The van der Waals surface area contributed by atoms with Gasteiger partial charge >= 0.3 is 5.97 Å². The van der Waals surface area contributed by atoms with E-state index in [-0.39, 0.29) is 18.8 Å². The van der Waals surface area contributed by atoms with Crippen molar-refractivity contribution in [1.82, 2.24) is 39.7 Å². The van der Waals surface area contributed by atoms with E-state index < -0.39 is 78.6 Å². The van der Waals surface area contributed by atoms with E-state index in [1.54, 1.807) is 68.3 Å². The first kappa shape index (κ1) is 49.6. The van der Waals surface area contributed by atoms with E-state index in [2.05, 4.69) is 30.2 Å². The van der Waals surface area contributed by atoms with Crippen molar-refractivity contribution in [3.63, 3.8) is 0 Å². The van der Waals surface area contributed by atoms with Crippen LogP contribution in [0.25, 0.3) is 16.6 Å². The van der Waals surface area contributed by atoms with E-state index in [0.29, 0.717) is 44.6 Å². The van der Waals surface area contributed by atoms with Crippen molar-refractivity contribution < 1.29 is 44.2 Å². The van der Waals surface area contributed by atoms with Gasteiger partial charge in [0.2, 0.25) is 0 Å². The van der Waals surface area contributed by atoms with E-state index in [1.165, 1.54) is 12.4 Å². The number of carbonyl (C=O) groups is 2. The first-order chi connectivity index (χ1) is 31.1. The summed E-state index contributed by atoms with van der Waals surface area (Å²) in [6.45, 7) is 9.99. The van der Waals surface area contributed by atoms with Crippen LogP contribution in [-0.4, -0.2) is 148 Å². The minimum atomic E-state index is -1.29. The fourth-order valence-corrected chi connectivity index (χ4v) is 9.00. The zero-order chi connectivity index (χ0) is 46.8. The summed E-state index contributed by atoms with van der Waals surface area (Å²) in [6.07, 6.45) is 7.32. The van der Waals surface area contributed by atoms with Gasteiger partial charge in [-0.15, -0.1) is 5.10 Å². The molecule has 0 saturated carbocycles. The van der Waals surface area contributed by atoms with Crippen LogP contribution in [0.2, 0.25) is 0 Å². The number of pyridine rings is 1. The zero-order valence-electron chi connectivity index (χ0n) is 38.5. The smallest absolute Gasteiger partial charge is 0.308 e. The zero-order valence-corrected chi connectivity index (χ0v) is 38.5. The van der Waals surface area contributed by atoms with Gasteiger partial charge in [0.25, 0.3) is 0 Å². The molecule has 4 aromatic rings. The lowest BCUT2D eigenvalue weighted by Gasteiger charge is -2.46.